The quantitative estimate of drug-likeness (QED) is 0.658. The molecule has 0 radical (unpaired) electrons. The largest absolute Gasteiger partial charge is 0.493 e. The average Bonchev–Trinajstić information content (AvgIpc) is 3.32. The van der Waals surface area contributed by atoms with Crippen LogP contribution in [0.25, 0.3) is 0 Å². The maximum atomic E-state index is 11.8. The van der Waals surface area contributed by atoms with Crippen molar-refractivity contribution >= 4 is 18.3 Å². The fraction of sp³-hybridized carbons (Fsp3) is 0.667. The highest BCUT2D eigenvalue weighted by molar-refractivity contribution is 5.85. The summed E-state index contributed by atoms with van der Waals surface area (Å²) in [4.78, 5) is 14.0. The number of rotatable bonds is 10. The monoisotopic (exact) mass is 396 g/mol. The van der Waals surface area contributed by atoms with E-state index in [0.717, 1.165) is 49.8 Å². The Balaban J connectivity index is 0.00000261. The molecule has 2 aliphatic rings. The zero-order valence-corrected chi connectivity index (χ0v) is 17.4. The van der Waals surface area contributed by atoms with Gasteiger partial charge < -0.3 is 14.8 Å². The third kappa shape index (κ3) is 6.89. The Morgan fingerprint density at radius 2 is 1.93 bits per heavy atom. The summed E-state index contributed by atoms with van der Waals surface area (Å²) in [5.74, 6) is 2.53. The molecule has 27 heavy (non-hydrogen) atoms. The van der Waals surface area contributed by atoms with E-state index in [0.29, 0.717) is 12.6 Å². The fourth-order valence-electron chi connectivity index (χ4n) is 3.62. The Morgan fingerprint density at radius 3 is 2.56 bits per heavy atom. The number of likely N-dealkylation sites (N-methyl/N-ethyl adjacent to an activating group) is 1. The second kappa shape index (κ2) is 10.8. The van der Waals surface area contributed by atoms with Gasteiger partial charge in [0.25, 0.3) is 0 Å². The Morgan fingerprint density at radius 1 is 1.19 bits per heavy atom. The SMILES string of the molecule is CNC(=O)CN(CCc1ccc(OC2CCCC2)c(OC)c1)CC1CC1.Cl. The van der Waals surface area contributed by atoms with Gasteiger partial charge in [0.2, 0.25) is 5.91 Å². The van der Waals surface area contributed by atoms with E-state index in [4.69, 9.17) is 9.47 Å². The number of methoxy groups -OCH3 is 1. The third-order valence-corrected chi connectivity index (χ3v) is 5.40. The number of benzene rings is 1. The number of halogens is 1. The van der Waals surface area contributed by atoms with Crippen molar-refractivity contribution in [3.05, 3.63) is 23.8 Å². The lowest BCUT2D eigenvalue weighted by atomic mass is 10.1. The van der Waals surface area contributed by atoms with E-state index < -0.39 is 0 Å². The maximum absolute atomic E-state index is 11.8. The van der Waals surface area contributed by atoms with Crippen molar-refractivity contribution in [1.82, 2.24) is 10.2 Å². The van der Waals surface area contributed by atoms with Crippen LogP contribution in [0.15, 0.2) is 18.2 Å². The van der Waals surface area contributed by atoms with Gasteiger partial charge in [-0.2, -0.15) is 0 Å². The van der Waals surface area contributed by atoms with Gasteiger partial charge in [0.15, 0.2) is 11.5 Å². The first-order chi connectivity index (χ1) is 12.7. The van der Waals surface area contributed by atoms with E-state index in [2.05, 4.69) is 22.3 Å². The van der Waals surface area contributed by atoms with E-state index in [9.17, 15) is 4.79 Å². The molecule has 1 amide bonds. The molecule has 0 bridgehead atoms. The molecule has 2 aliphatic carbocycles. The maximum Gasteiger partial charge on any atom is 0.233 e. The van der Waals surface area contributed by atoms with Crippen LogP contribution in [0.2, 0.25) is 0 Å². The van der Waals surface area contributed by atoms with Crippen LogP contribution in [0.3, 0.4) is 0 Å². The van der Waals surface area contributed by atoms with Crippen LogP contribution in [0.5, 0.6) is 11.5 Å². The summed E-state index contributed by atoms with van der Waals surface area (Å²) >= 11 is 0. The van der Waals surface area contributed by atoms with Crippen molar-refractivity contribution in [1.29, 1.82) is 0 Å². The summed E-state index contributed by atoms with van der Waals surface area (Å²) in [6, 6.07) is 6.25. The first-order valence-corrected chi connectivity index (χ1v) is 9.94. The first kappa shape index (κ1) is 21.8. The molecule has 6 heteroatoms. The van der Waals surface area contributed by atoms with Crippen LogP contribution in [0, 0.1) is 5.92 Å². The molecule has 0 aromatic heterocycles. The lowest BCUT2D eigenvalue weighted by Crippen LogP contribution is -2.38. The van der Waals surface area contributed by atoms with Crippen molar-refractivity contribution in [3.63, 3.8) is 0 Å². The number of nitrogens with one attached hydrogen (secondary N) is 1. The molecule has 1 aromatic carbocycles. The van der Waals surface area contributed by atoms with Gasteiger partial charge in [0.1, 0.15) is 0 Å². The van der Waals surface area contributed by atoms with E-state index in [1.54, 1.807) is 14.2 Å². The molecule has 3 rings (SSSR count). The van der Waals surface area contributed by atoms with Crippen molar-refractivity contribution in [2.75, 3.05) is 33.8 Å². The lowest BCUT2D eigenvalue weighted by Gasteiger charge is -2.22. The highest BCUT2D eigenvalue weighted by Crippen LogP contribution is 2.33. The minimum absolute atomic E-state index is 0. The zero-order chi connectivity index (χ0) is 18.4. The summed E-state index contributed by atoms with van der Waals surface area (Å²) < 4.78 is 11.7. The zero-order valence-electron chi connectivity index (χ0n) is 16.5. The van der Waals surface area contributed by atoms with Gasteiger partial charge in [-0.1, -0.05) is 6.07 Å². The molecule has 2 saturated carbocycles. The molecule has 0 spiro atoms. The molecular formula is C21H33ClN2O3. The predicted octanol–water partition coefficient (Wildman–Crippen LogP) is 3.44. The van der Waals surface area contributed by atoms with Crippen molar-refractivity contribution in [3.8, 4) is 11.5 Å². The van der Waals surface area contributed by atoms with Gasteiger partial charge >= 0.3 is 0 Å². The van der Waals surface area contributed by atoms with Crippen LogP contribution in [-0.2, 0) is 11.2 Å². The minimum Gasteiger partial charge on any atom is -0.493 e. The highest BCUT2D eigenvalue weighted by atomic mass is 35.5. The molecule has 2 fully saturated rings. The van der Waals surface area contributed by atoms with Crippen molar-refractivity contribution < 1.29 is 14.3 Å². The van der Waals surface area contributed by atoms with Crippen molar-refractivity contribution in [2.24, 2.45) is 5.92 Å². The van der Waals surface area contributed by atoms with Gasteiger partial charge in [-0.05, 0) is 68.6 Å². The predicted molar refractivity (Wildman–Crippen MR) is 110 cm³/mol. The van der Waals surface area contributed by atoms with Crippen LogP contribution in [0.1, 0.15) is 44.1 Å². The fourth-order valence-corrected chi connectivity index (χ4v) is 3.62. The number of hydrogen-bond acceptors (Lipinski definition) is 4. The molecule has 0 heterocycles. The average molecular weight is 397 g/mol. The molecular weight excluding hydrogens is 364 g/mol. The van der Waals surface area contributed by atoms with Crippen LogP contribution >= 0.6 is 12.4 Å². The molecule has 0 aliphatic heterocycles. The second-order valence-electron chi connectivity index (χ2n) is 7.61. The van der Waals surface area contributed by atoms with Crippen molar-refractivity contribution in [2.45, 2.75) is 51.0 Å². The number of amides is 1. The number of carbonyl (C=O) groups is 1. The molecule has 1 aromatic rings. The van der Waals surface area contributed by atoms with Gasteiger partial charge in [-0.3, -0.25) is 9.69 Å². The molecule has 1 N–H and O–H groups in total. The minimum atomic E-state index is 0. The first-order valence-electron chi connectivity index (χ1n) is 9.94. The van der Waals surface area contributed by atoms with Crippen LogP contribution in [-0.4, -0.2) is 50.7 Å². The number of nitrogens with zero attached hydrogens (tertiary/aromatic N) is 1. The standard InChI is InChI=1S/C21H32N2O3.ClH/c1-22-21(24)15-23(14-17-7-8-17)12-11-16-9-10-19(20(13-16)25-2)26-18-5-3-4-6-18;/h9-10,13,17-18H,3-8,11-12,14-15H2,1-2H3,(H,22,24);1H. The molecule has 0 atom stereocenters. The Kier molecular flexibility index (Phi) is 8.71. The number of ether oxygens (including phenoxy) is 2. The van der Waals surface area contributed by atoms with E-state index in [1.165, 1.54) is 31.2 Å². The Labute approximate surface area is 169 Å². The summed E-state index contributed by atoms with van der Waals surface area (Å²) in [6.45, 7) is 2.39. The van der Waals surface area contributed by atoms with E-state index in [1.807, 2.05) is 6.07 Å². The molecule has 0 saturated heterocycles. The highest BCUT2D eigenvalue weighted by Gasteiger charge is 2.25. The molecule has 0 unspecified atom stereocenters. The topological polar surface area (TPSA) is 50.8 Å². The number of carbonyl (C=O) groups excluding carboxylic acids is 1. The van der Waals surface area contributed by atoms with Gasteiger partial charge in [0, 0.05) is 20.1 Å². The molecule has 5 nitrogen and oxygen atoms in total. The smallest absolute Gasteiger partial charge is 0.233 e. The third-order valence-electron chi connectivity index (χ3n) is 5.40. The summed E-state index contributed by atoms with van der Waals surface area (Å²) in [5.41, 5.74) is 1.22. The van der Waals surface area contributed by atoms with Gasteiger partial charge in [-0.15, -0.1) is 12.4 Å². The molecule has 152 valence electrons. The summed E-state index contributed by atoms with van der Waals surface area (Å²) in [5, 5.41) is 2.73. The Bertz CT molecular complexity index is 601. The Hall–Kier alpha value is -1.46. The normalized spacial score (nSPS) is 16.9. The van der Waals surface area contributed by atoms with E-state index in [-0.39, 0.29) is 18.3 Å². The van der Waals surface area contributed by atoms with Gasteiger partial charge in [-0.25, -0.2) is 0 Å². The number of hydrogen-bond donors (Lipinski definition) is 1. The van der Waals surface area contributed by atoms with Crippen LogP contribution < -0.4 is 14.8 Å². The summed E-state index contributed by atoms with van der Waals surface area (Å²) in [7, 11) is 3.40. The van der Waals surface area contributed by atoms with Gasteiger partial charge in [0.05, 0.1) is 19.8 Å². The lowest BCUT2D eigenvalue weighted by molar-refractivity contribution is -0.121. The van der Waals surface area contributed by atoms with Crippen LogP contribution in [0.4, 0.5) is 0 Å². The summed E-state index contributed by atoms with van der Waals surface area (Å²) in [6.07, 6.45) is 8.62. The second-order valence-corrected chi connectivity index (χ2v) is 7.61. The van der Waals surface area contributed by atoms with E-state index >= 15 is 0 Å².